The number of hydrogen-bond donors (Lipinski definition) is 0. The second-order valence-electron chi connectivity index (χ2n) is 12.7. The van der Waals surface area contributed by atoms with E-state index in [9.17, 15) is 8.42 Å². The Morgan fingerprint density at radius 3 is 0.944 bits per heavy atom. The Kier molecular flexibility index (Phi) is 12.0. The van der Waals surface area contributed by atoms with Crippen LogP contribution in [0.3, 0.4) is 0 Å². The molecule has 2 nitrogen and oxygen atoms in total. The molecule has 0 spiro atoms. The average molecular weight is 777 g/mol. The van der Waals surface area contributed by atoms with Gasteiger partial charge >= 0.3 is 0 Å². The number of hydrogen-bond acceptors (Lipinski definition) is 4. The van der Waals surface area contributed by atoms with Crippen LogP contribution in [0, 0.1) is 0 Å². The van der Waals surface area contributed by atoms with E-state index in [1.807, 2.05) is 60.7 Å². The first-order valence-electron chi connectivity index (χ1n) is 17.6. The first kappa shape index (κ1) is 37.6. The van der Waals surface area contributed by atoms with Gasteiger partial charge in [-0.3, -0.25) is 8.42 Å². The van der Waals surface area contributed by atoms with Gasteiger partial charge in [0, 0.05) is 32.1 Å². The van der Waals surface area contributed by atoms with E-state index in [0.717, 1.165) is 42.8 Å². The molecule has 0 aliphatic rings. The molecule has 8 rings (SSSR count). The molecule has 268 valence electrons. The summed E-state index contributed by atoms with van der Waals surface area (Å²) in [6.45, 7) is 0. The van der Waals surface area contributed by atoms with Crippen molar-refractivity contribution >= 4 is 66.7 Å². The highest BCUT2D eigenvalue weighted by Gasteiger charge is 2.17. The lowest BCUT2D eigenvalue weighted by Crippen LogP contribution is -1.95. The molecule has 0 saturated heterocycles. The molecule has 0 amide bonds. The number of benzene rings is 8. The van der Waals surface area contributed by atoms with Crippen molar-refractivity contribution in [3.8, 4) is 44.5 Å². The average Bonchev–Trinajstić information content (AvgIpc) is 3.23. The van der Waals surface area contributed by atoms with E-state index in [2.05, 4.69) is 122 Å². The minimum Gasteiger partial charge on any atom is -0.255 e. The third-order valence-electron chi connectivity index (χ3n) is 9.58. The van der Waals surface area contributed by atoms with E-state index in [4.69, 9.17) is 0 Å². The van der Waals surface area contributed by atoms with Gasteiger partial charge in [-0.1, -0.05) is 146 Å². The molecule has 0 fully saturated rings. The standard InChI is InChI=1S/C24H20O2S2.C24H20S2/c1-27(25)22-15-5-3-11-18(22)20-13-7-9-17-10-8-14-21(24(17)20)19-12-4-6-16-23(19)28(2)26;1-25-22-15-5-3-11-18(22)20-13-7-9-17-10-8-14-21(24(17)20)19-12-4-6-16-23(19)26-2/h3-16H,1-2H3;3-16H,1-2H3. The molecule has 8 aromatic carbocycles. The van der Waals surface area contributed by atoms with Crippen molar-refractivity contribution in [3.63, 3.8) is 0 Å². The van der Waals surface area contributed by atoms with E-state index in [-0.39, 0.29) is 0 Å². The van der Waals surface area contributed by atoms with Gasteiger partial charge in [0.05, 0.1) is 21.6 Å². The molecule has 0 heterocycles. The second-order valence-corrected chi connectivity index (χ2v) is 17.1. The quantitative estimate of drug-likeness (QED) is 0.144. The molecule has 2 atom stereocenters. The fourth-order valence-corrected chi connectivity index (χ4v) is 9.93. The SMILES string of the molecule is CS(=O)c1ccccc1-c1cccc2cccc(-c3ccccc3S(C)=O)c12.CSc1ccccc1-c1cccc2cccc(-c3ccccc3SC)c12. The van der Waals surface area contributed by atoms with Crippen LogP contribution in [0.1, 0.15) is 0 Å². The Morgan fingerprint density at radius 2 is 0.611 bits per heavy atom. The molecular weight excluding hydrogens is 737 g/mol. The molecule has 0 aliphatic heterocycles. The molecule has 0 aliphatic carbocycles. The largest absolute Gasteiger partial charge is 0.255 e. The Morgan fingerprint density at radius 1 is 0.333 bits per heavy atom. The third-order valence-corrected chi connectivity index (χ3v) is 13.1. The lowest BCUT2D eigenvalue weighted by Gasteiger charge is -2.16. The van der Waals surface area contributed by atoms with Gasteiger partial charge in [-0.25, -0.2) is 0 Å². The molecule has 0 saturated carbocycles. The lowest BCUT2D eigenvalue weighted by molar-refractivity contribution is 0.686. The normalized spacial score (nSPS) is 12.2. The van der Waals surface area contributed by atoms with Gasteiger partial charge in [-0.2, -0.15) is 0 Å². The van der Waals surface area contributed by atoms with Gasteiger partial charge < -0.3 is 0 Å². The fraction of sp³-hybridized carbons (Fsp3) is 0.0833. The van der Waals surface area contributed by atoms with E-state index in [1.165, 1.54) is 42.8 Å². The topological polar surface area (TPSA) is 34.1 Å². The fourth-order valence-electron chi connectivity index (χ4n) is 7.19. The predicted octanol–water partition coefficient (Wildman–Crippen LogP) is 13.3. The summed E-state index contributed by atoms with van der Waals surface area (Å²) < 4.78 is 24.7. The maximum Gasteiger partial charge on any atom is 0.0504 e. The van der Waals surface area contributed by atoms with Crippen molar-refractivity contribution in [2.24, 2.45) is 0 Å². The highest BCUT2D eigenvalue weighted by molar-refractivity contribution is 7.99. The summed E-state index contributed by atoms with van der Waals surface area (Å²) in [5.41, 5.74) is 9.23. The molecule has 6 heteroatoms. The smallest absolute Gasteiger partial charge is 0.0504 e. The maximum absolute atomic E-state index is 12.3. The number of rotatable bonds is 8. The van der Waals surface area contributed by atoms with E-state index < -0.39 is 21.6 Å². The number of fused-ring (bicyclic) bond motifs is 2. The van der Waals surface area contributed by atoms with Crippen LogP contribution in [0.5, 0.6) is 0 Å². The van der Waals surface area contributed by atoms with E-state index >= 15 is 0 Å². The zero-order valence-electron chi connectivity index (χ0n) is 30.6. The first-order valence-corrected chi connectivity index (χ1v) is 23.1. The Bertz CT molecular complexity index is 2490. The van der Waals surface area contributed by atoms with Crippen molar-refractivity contribution in [1.29, 1.82) is 0 Å². The summed E-state index contributed by atoms with van der Waals surface area (Å²) in [7, 11) is -2.19. The van der Waals surface area contributed by atoms with Gasteiger partial charge in [0.15, 0.2) is 0 Å². The highest BCUT2D eigenvalue weighted by Crippen LogP contribution is 2.42. The minimum absolute atomic E-state index is 0.817. The van der Waals surface area contributed by atoms with Gasteiger partial charge in [-0.05, 0) is 103 Å². The summed E-state index contributed by atoms with van der Waals surface area (Å²) in [5, 5.41) is 4.80. The van der Waals surface area contributed by atoms with Crippen LogP contribution in [-0.2, 0) is 21.6 Å². The first-order chi connectivity index (χ1) is 26.4. The molecule has 0 radical (unpaired) electrons. The maximum atomic E-state index is 12.3. The van der Waals surface area contributed by atoms with Crippen LogP contribution in [0.25, 0.3) is 66.1 Å². The predicted molar refractivity (Wildman–Crippen MR) is 238 cm³/mol. The summed E-state index contributed by atoms with van der Waals surface area (Å²) in [5.74, 6) is 0. The number of thioether (sulfide) groups is 2. The van der Waals surface area contributed by atoms with Crippen LogP contribution in [0.15, 0.2) is 189 Å². The van der Waals surface area contributed by atoms with Crippen molar-refractivity contribution < 1.29 is 8.42 Å². The Hall–Kier alpha value is -4.72. The van der Waals surface area contributed by atoms with Crippen molar-refractivity contribution in [3.05, 3.63) is 170 Å². The van der Waals surface area contributed by atoms with Crippen molar-refractivity contribution in [1.82, 2.24) is 0 Å². The van der Waals surface area contributed by atoms with Crippen molar-refractivity contribution in [2.45, 2.75) is 19.6 Å². The molecule has 0 bridgehead atoms. The van der Waals surface area contributed by atoms with E-state index in [0.29, 0.717) is 0 Å². The molecule has 2 unspecified atom stereocenters. The third kappa shape index (κ3) is 7.62. The van der Waals surface area contributed by atoms with Gasteiger partial charge in [-0.15, -0.1) is 23.5 Å². The monoisotopic (exact) mass is 776 g/mol. The van der Waals surface area contributed by atoms with Crippen LogP contribution >= 0.6 is 23.5 Å². The molecule has 54 heavy (non-hydrogen) atoms. The summed E-state index contributed by atoms with van der Waals surface area (Å²) >= 11 is 3.61. The van der Waals surface area contributed by atoms with Gasteiger partial charge in [0.2, 0.25) is 0 Å². The van der Waals surface area contributed by atoms with Gasteiger partial charge in [0.1, 0.15) is 0 Å². The van der Waals surface area contributed by atoms with Crippen LogP contribution in [0.2, 0.25) is 0 Å². The Balaban J connectivity index is 0.000000167. The van der Waals surface area contributed by atoms with E-state index in [1.54, 1.807) is 36.0 Å². The molecule has 0 N–H and O–H groups in total. The molecular formula is C48H40O2S4. The second kappa shape index (κ2) is 17.2. The Labute approximate surface area is 332 Å². The van der Waals surface area contributed by atoms with Crippen LogP contribution < -0.4 is 0 Å². The lowest BCUT2D eigenvalue weighted by atomic mass is 9.91. The summed E-state index contributed by atoms with van der Waals surface area (Å²) in [6.07, 6.45) is 7.71. The summed E-state index contributed by atoms with van der Waals surface area (Å²) in [6, 6.07) is 58.7. The zero-order valence-corrected chi connectivity index (χ0v) is 33.9. The summed E-state index contributed by atoms with van der Waals surface area (Å²) in [4.78, 5) is 4.26. The minimum atomic E-state index is -1.10. The van der Waals surface area contributed by atoms with Crippen LogP contribution in [0.4, 0.5) is 0 Å². The molecule has 0 aromatic heterocycles. The zero-order chi connectivity index (χ0) is 37.6. The highest BCUT2D eigenvalue weighted by atomic mass is 32.2. The van der Waals surface area contributed by atoms with Gasteiger partial charge in [0.25, 0.3) is 0 Å². The molecule has 8 aromatic rings. The van der Waals surface area contributed by atoms with Crippen molar-refractivity contribution in [2.75, 3.05) is 25.0 Å². The van der Waals surface area contributed by atoms with Crippen LogP contribution in [-0.4, -0.2) is 33.4 Å².